The molecule has 3 aromatic carbocycles. The van der Waals surface area contributed by atoms with Crippen LogP contribution in [0.4, 0.5) is 15.8 Å². The quantitative estimate of drug-likeness (QED) is 0.620. The molecule has 5 nitrogen and oxygen atoms in total. The number of carbonyl (C=O) groups is 2. The zero-order valence-corrected chi connectivity index (χ0v) is 17.0. The molecule has 0 bridgehead atoms. The minimum absolute atomic E-state index is 0.00854. The molecular formula is C25H23FN2O3. The number of carbonyl (C=O) groups excluding carboxylic acids is 2. The molecule has 2 amide bonds. The van der Waals surface area contributed by atoms with Crippen molar-refractivity contribution in [3.8, 4) is 5.75 Å². The highest BCUT2D eigenvalue weighted by Crippen LogP contribution is 2.34. The van der Waals surface area contributed by atoms with Gasteiger partial charge in [0, 0.05) is 12.2 Å². The van der Waals surface area contributed by atoms with Crippen LogP contribution in [0.15, 0.2) is 72.8 Å². The number of hydrogen-bond acceptors (Lipinski definition) is 3. The third-order valence-corrected chi connectivity index (χ3v) is 5.15. The zero-order valence-electron chi connectivity index (χ0n) is 17.0. The second-order valence-corrected chi connectivity index (χ2v) is 7.46. The SMILES string of the molecule is O=C(Cc1ccc(F)cc1)Nc1ccc2c(c1)N(CCCc1ccccc1)C(=O)CO2. The van der Waals surface area contributed by atoms with Gasteiger partial charge in [-0.15, -0.1) is 0 Å². The van der Waals surface area contributed by atoms with E-state index in [1.807, 2.05) is 18.2 Å². The first-order chi connectivity index (χ1) is 15.1. The topological polar surface area (TPSA) is 58.6 Å². The molecule has 4 rings (SSSR count). The van der Waals surface area contributed by atoms with Gasteiger partial charge in [-0.3, -0.25) is 9.59 Å². The number of nitrogens with one attached hydrogen (secondary N) is 1. The summed E-state index contributed by atoms with van der Waals surface area (Å²) in [6, 6.07) is 21.2. The molecule has 0 fully saturated rings. The van der Waals surface area contributed by atoms with Crippen LogP contribution in [0.25, 0.3) is 0 Å². The molecule has 0 radical (unpaired) electrons. The molecule has 1 heterocycles. The van der Waals surface area contributed by atoms with Crippen molar-refractivity contribution in [1.82, 2.24) is 0 Å². The summed E-state index contributed by atoms with van der Waals surface area (Å²) in [5.41, 5.74) is 3.18. The molecule has 1 aliphatic rings. The van der Waals surface area contributed by atoms with Gasteiger partial charge in [-0.05, 0) is 54.3 Å². The smallest absolute Gasteiger partial charge is 0.265 e. The molecule has 1 N–H and O–H groups in total. The predicted molar refractivity (Wildman–Crippen MR) is 118 cm³/mol. The van der Waals surface area contributed by atoms with E-state index in [1.54, 1.807) is 35.2 Å². The molecule has 0 atom stereocenters. The van der Waals surface area contributed by atoms with E-state index in [2.05, 4.69) is 17.4 Å². The Morgan fingerprint density at radius 1 is 1.00 bits per heavy atom. The predicted octanol–water partition coefficient (Wildman–Crippen LogP) is 4.37. The van der Waals surface area contributed by atoms with Crippen molar-refractivity contribution >= 4 is 23.2 Å². The van der Waals surface area contributed by atoms with Crippen molar-refractivity contribution in [2.75, 3.05) is 23.4 Å². The normalized spacial score (nSPS) is 12.8. The van der Waals surface area contributed by atoms with E-state index in [1.165, 1.54) is 17.7 Å². The first-order valence-corrected chi connectivity index (χ1v) is 10.2. The number of halogens is 1. The van der Waals surface area contributed by atoms with Gasteiger partial charge in [-0.2, -0.15) is 0 Å². The van der Waals surface area contributed by atoms with Crippen molar-refractivity contribution in [3.63, 3.8) is 0 Å². The second kappa shape index (κ2) is 9.43. The number of rotatable bonds is 7. The number of anilines is 2. The Hall–Kier alpha value is -3.67. The molecular weight excluding hydrogens is 395 g/mol. The fourth-order valence-corrected chi connectivity index (χ4v) is 3.60. The maximum atomic E-state index is 13.0. The van der Waals surface area contributed by atoms with Crippen molar-refractivity contribution in [2.45, 2.75) is 19.3 Å². The summed E-state index contributed by atoms with van der Waals surface area (Å²) in [5, 5.41) is 2.85. The summed E-state index contributed by atoms with van der Waals surface area (Å²) in [6.45, 7) is 0.575. The van der Waals surface area contributed by atoms with Crippen LogP contribution in [0.2, 0.25) is 0 Å². The molecule has 158 valence electrons. The van der Waals surface area contributed by atoms with Crippen LogP contribution < -0.4 is 15.0 Å². The molecule has 6 heteroatoms. The molecule has 0 aromatic heterocycles. The van der Waals surface area contributed by atoms with Gasteiger partial charge >= 0.3 is 0 Å². The highest BCUT2D eigenvalue weighted by molar-refractivity contribution is 5.99. The average molecular weight is 418 g/mol. The Kier molecular flexibility index (Phi) is 6.26. The standard InChI is InChI=1S/C25H23FN2O3/c26-20-10-8-19(9-11-20)15-24(29)27-21-12-13-23-22(16-21)28(25(30)17-31-23)14-4-7-18-5-2-1-3-6-18/h1-3,5-6,8-13,16H,4,7,14-15,17H2,(H,27,29). The Balaban J connectivity index is 1.43. The van der Waals surface area contributed by atoms with Gasteiger partial charge in [-0.1, -0.05) is 42.5 Å². The Labute approximate surface area is 180 Å². The highest BCUT2D eigenvalue weighted by atomic mass is 19.1. The summed E-state index contributed by atoms with van der Waals surface area (Å²) >= 11 is 0. The summed E-state index contributed by atoms with van der Waals surface area (Å²) in [4.78, 5) is 26.6. The molecule has 0 saturated heterocycles. The van der Waals surface area contributed by atoms with E-state index < -0.39 is 0 Å². The van der Waals surface area contributed by atoms with E-state index in [-0.39, 0.29) is 30.7 Å². The lowest BCUT2D eigenvalue weighted by molar-refractivity contribution is -0.121. The van der Waals surface area contributed by atoms with E-state index in [0.29, 0.717) is 23.7 Å². The van der Waals surface area contributed by atoms with Crippen molar-refractivity contribution in [3.05, 3.63) is 89.7 Å². The Morgan fingerprint density at radius 3 is 2.55 bits per heavy atom. The number of benzene rings is 3. The maximum Gasteiger partial charge on any atom is 0.265 e. The fraction of sp³-hybridized carbons (Fsp3) is 0.200. The minimum Gasteiger partial charge on any atom is -0.482 e. The van der Waals surface area contributed by atoms with Crippen LogP contribution in [0, 0.1) is 5.82 Å². The van der Waals surface area contributed by atoms with Crippen LogP contribution in [0.3, 0.4) is 0 Å². The van der Waals surface area contributed by atoms with Gasteiger partial charge in [0.2, 0.25) is 5.91 Å². The van der Waals surface area contributed by atoms with Crippen molar-refractivity contribution in [2.24, 2.45) is 0 Å². The Morgan fingerprint density at radius 2 is 1.77 bits per heavy atom. The average Bonchev–Trinajstić information content (AvgIpc) is 2.77. The van der Waals surface area contributed by atoms with Gasteiger partial charge in [0.05, 0.1) is 12.1 Å². The number of fused-ring (bicyclic) bond motifs is 1. The van der Waals surface area contributed by atoms with E-state index in [0.717, 1.165) is 18.4 Å². The van der Waals surface area contributed by atoms with E-state index in [9.17, 15) is 14.0 Å². The lowest BCUT2D eigenvalue weighted by Gasteiger charge is -2.30. The van der Waals surface area contributed by atoms with E-state index in [4.69, 9.17) is 4.74 Å². The molecule has 1 aliphatic heterocycles. The van der Waals surface area contributed by atoms with Crippen molar-refractivity contribution in [1.29, 1.82) is 0 Å². The van der Waals surface area contributed by atoms with Crippen LogP contribution in [-0.4, -0.2) is 25.0 Å². The van der Waals surface area contributed by atoms with Gasteiger partial charge in [-0.25, -0.2) is 4.39 Å². The monoisotopic (exact) mass is 418 g/mol. The third-order valence-electron chi connectivity index (χ3n) is 5.15. The lowest BCUT2D eigenvalue weighted by atomic mass is 10.1. The number of hydrogen-bond donors (Lipinski definition) is 1. The maximum absolute atomic E-state index is 13.0. The molecule has 0 unspecified atom stereocenters. The summed E-state index contributed by atoms with van der Waals surface area (Å²) in [5.74, 6) is -0.0349. The largest absolute Gasteiger partial charge is 0.482 e. The summed E-state index contributed by atoms with van der Waals surface area (Å²) in [6.07, 6.45) is 1.82. The van der Waals surface area contributed by atoms with Gasteiger partial charge in [0.15, 0.2) is 6.61 Å². The van der Waals surface area contributed by atoms with Crippen molar-refractivity contribution < 1.29 is 18.7 Å². The van der Waals surface area contributed by atoms with Crippen LogP contribution in [-0.2, 0) is 22.4 Å². The molecule has 31 heavy (non-hydrogen) atoms. The number of amides is 2. The lowest BCUT2D eigenvalue weighted by Crippen LogP contribution is -2.39. The Bertz CT molecular complexity index is 1070. The first kappa shape index (κ1) is 20.6. The molecule has 3 aromatic rings. The van der Waals surface area contributed by atoms with Crippen LogP contribution in [0.5, 0.6) is 5.75 Å². The number of aryl methyl sites for hydroxylation is 1. The van der Waals surface area contributed by atoms with Gasteiger partial charge in [0.25, 0.3) is 5.91 Å². The van der Waals surface area contributed by atoms with Gasteiger partial charge < -0.3 is 15.0 Å². The fourth-order valence-electron chi connectivity index (χ4n) is 3.60. The summed E-state index contributed by atoms with van der Waals surface area (Å²) < 4.78 is 18.6. The van der Waals surface area contributed by atoms with Crippen LogP contribution in [0.1, 0.15) is 17.5 Å². The minimum atomic E-state index is -0.337. The van der Waals surface area contributed by atoms with E-state index >= 15 is 0 Å². The number of ether oxygens (including phenoxy) is 1. The first-order valence-electron chi connectivity index (χ1n) is 10.2. The molecule has 0 spiro atoms. The van der Waals surface area contributed by atoms with Gasteiger partial charge in [0.1, 0.15) is 11.6 Å². The second-order valence-electron chi connectivity index (χ2n) is 7.46. The van der Waals surface area contributed by atoms with Crippen LogP contribution >= 0.6 is 0 Å². The number of nitrogens with zero attached hydrogens (tertiary/aromatic N) is 1. The molecule has 0 saturated carbocycles. The summed E-state index contributed by atoms with van der Waals surface area (Å²) in [7, 11) is 0. The molecule has 0 aliphatic carbocycles. The highest BCUT2D eigenvalue weighted by Gasteiger charge is 2.25. The zero-order chi connectivity index (χ0) is 21.6. The third kappa shape index (κ3) is 5.28.